The summed E-state index contributed by atoms with van der Waals surface area (Å²) in [6, 6.07) is 11.1. The van der Waals surface area contributed by atoms with Crippen LogP contribution in [0.4, 0.5) is 10.1 Å². The van der Waals surface area contributed by atoms with Crippen LogP contribution in [0.25, 0.3) is 0 Å². The SMILES string of the molecule is CC1=NC(=Nc2ccnc(F)c2)c2cc(Cl)[nH]c2C1S(=O)(=O)c1ccccc1C. The molecule has 1 atom stereocenters. The molecule has 0 saturated heterocycles. The highest BCUT2D eigenvalue weighted by Crippen LogP contribution is 2.38. The number of aliphatic imine (C=N–C) groups is 2. The maximum Gasteiger partial charge on any atom is 0.214 e. The smallest absolute Gasteiger partial charge is 0.214 e. The lowest BCUT2D eigenvalue weighted by molar-refractivity contribution is 0.584. The number of halogens is 2. The molecule has 0 amide bonds. The van der Waals surface area contributed by atoms with Crippen molar-refractivity contribution < 1.29 is 12.8 Å². The van der Waals surface area contributed by atoms with Crippen LogP contribution in [0.5, 0.6) is 0 Å². The Morgan fingerprint density at radius 2 is 1.93 bits per heavy atom. The summed E-state index contributed by atoms with van der Waals surface area (Å²) in [5, 5.41) is -0.766. The first-order chi connectivity index (χ1) is 13.8. The fraction of sp³-hybridized carbons (Fsp3) is 0.150. The summed E-state index contributed by atoms with van der Waals surface area (Å²) in [6.07, 6.45) is 1.30. The number of H-pyrrole nitrogens is 1. The lowest BCUT2D eigenvalue weighted by Crippen LogP contribution is -2.27. The molecule has 1 aliphatic heterocycles. The Kier molecular flexibility index (Phi) is 4.84. The van der Waals surface area contributed by atoms with Crippen molar-refractivity contribution >= 4 is 38.7 Å². The van der Waals surface area contributed by atoms with Crippen molar-refractivity contribution in [2.45, 2.75) is 24.0 Å². The summed E-state index contributed by atoms with van der Waals surface area (Å²) in [5.74, 6) is -0.418. The van der Waals surface area contributed by atoms with Gasteiger partial charge in [-0.15, -0.1) is 0 Å². The van der Waals surface area contributed by atoms with Crippen molar-refractivity contribution in [2.75, 3.05) is 0 Å². The minimum Gasteiger partial charge on any atom is -0.347 e. The summed E-state index contributed by atoms with van der Waals surface area (Å²) in [6.45, 7) is 3.37. The van der Waals surface area contributed by atoms with Gasteiger partial charge in [-0.2, -0.15) is 4.39 Å². The summed E-state index contributed by atoms with van der Waals surface area (Å²) >= 11 is 6.16. The number of pyridine rings is 1. The van der Waals surface area contributed by atoms with Gasteiger partial charge in [-0.3, -0.25) is 0 Å². The molecule has 0 fully saturated rings. The second-order valence-corrected chi connectivity index (χ2v) is 9.07. The zero-order valence-corrected chi connectivity index (χ0v) is 17.1. The molecule has 1 N–H and O–H groups in total. The van der Waals surface area contributed by atoms with Crippen molar-refractivity contribution in [3.8, 4) is 0 Å². The number of nitrogens with zero attached hydrogens (tertiary/aromatic N) is 3. The van der Waals surface area contributed by atoms with E-state index < -0.39 is 21.0 Å². The Morgan fingerprint density at radius 3 is 2.66 bits per heavy atom. The topological polar surface area (TPSA) is 87.5 Å². The molecule has 9 heteroatoms. The Balaban J connectivity index is 1.89. The lowest BCUT2D eigenvalue weighted by atomic mass is 10.1. The first kappa shape index (κ1) is 19.5. The average Bonchev–Trinajstić information content (AvgIpc) is 3.03. The Bertz CT molecular complexity index is 1280. The highest BCUT2D eigenvalue weighted by molar-refractivity contribution is 7.92. The van der Waals surface area contributed by atoms with Crippen LogP contribution in [0.2, 0.25) is 5.15 Å². The van der Waals surface area contributed by atoms with E-state index in [-0.39, 0.29) is 15.9 Å². The van der Waals surface area contributed by atoms with E-state index >= 15 is 0 Å². The number of aryl methyl sites for hydroxylation is 1. The van der Waals surface area contributed by atoms with Gasteiger partial charge in [-0.25, -0.2) is 23.4 Å². The predicted molar refractivity (Wildman–Crippen MR) is 110 cm³/mol. The molecule has 3 aromatic rings. The Labute approximate surface area is 172 Å². The van der Waals surface area contributed by atoms with E-state index in [0.717, 1.165) is 0 Å². The van der Waals surface area contributed by atoms with E-state index in [1.165, 1.54) is 18.3 Å². The first-order valence-corrected chi connectivity index (χ1v) is 10.6. The third kappa shape index (κ3) is 3.49. The van der Waals surface area contributed by atoms with Crippen molar-refractivity contribution in [3.63, 3.8) is 0 Å². The molecular weight excluding hydrogens is 415 g/mol. The molecule has 1 unspecified atom stereocenters. The van der Waals surface area contributed by atoms with Crippen molar-refractivity contribution in [1.29, 1.82) is 0 Å². The molecule has 0 bridgehead atoms. The van der Waals surface area contributed by atoms with Crippen molar-refractivity contribution in [1.82, 2.24) is 9.97 Å². The fourth-order valence-electron chi connectivity index (χ4n) is 3.37. The van der Waals surface area contributed by atoms with Gasteiger partial charge >= 0.3 is 0 Å². The third-order valence-corrected chi connectivity index (χ3v) is 7.11. The molecular formula is C20H16ClFN4O2S. The van der Waals surface area contributed by atoms with Crippen LogP contribution < -0.4 is 0 Å². The van der Waals surface area contributed by atoms with Crippen molar-refractivity contribution in [3.05, 3.63) is 76.6 Å². The van der Waals surface area contributed by atoms with Gasteiger partial charge in [-0.1, -0.05) is 29.8 Å². The largest absolute Gasteiger partial charge is 0.347 e. The number of amidine groups is 1. The molecule has 0 aliphatic carbocycles. The standard InChI is InChI=1S/C20H16ClFN4O2S/c1-11-5-3-4-6-15(11)29(27,28)19-12(2)24-20(14-10-16(21)26-18(14)19)25-13-7-8-23-17(22)9-13/h3-10,19,26H,1-2H3. The molecule has 3 heterocycles. The van der Waals surface area contributed by atoms with Crippen LogP contribution >= 0.6 is 11.6 Å². The van der Waals surface area contributed by atoms with Crippen LogP contribution in [-0.2, 0) is 9.84 Å². The summed E-state index contributed by atoms with van der Waals surface area (Å²) < 4.78 is 40.3. The van der Waals surface area contributed by atoms with Gasteiger partial charge in [0.05, 0.1) is 16.3 Å². The molecule has 0 saturated carbocycles. The number of hydrogen-bond donors (Lipinski definition) is 1. The van der Waals surface area contributed by atoms with E-state index in [4.69, 9.17) is 11.6 Å². The fourth-order valence-corrected chi connectivity index (χ4v) is 5.62. The summed E-state index contributed by atoms with van der Waals surface area (Å²) in [4.78, 5) is 15.5. The maximum atomic E-state index is 13.5. The zero-order valence-electron chi connectivity index (χ0n) is 15.5. The van der Waals surface area contributed by atoms with E-state index in [2.05, 4.69) is 20.0 Å². The number of aromatic amines is 1. The number of sulfone groups is 1. The number of aromatic nitrogens is 2. The van der Waals surface area contributed by atoms with Crippen molar-refractivity contribution in [2.24, 2.45) is 9.98 Å². The molecule has 29 heavy (non-hydrogen) atoms. The van der Waals surface area contributed by atoms with Gasteiger partial charge in [0.2, 0.25) is 5.95 Å². The quantitative estimate of drug-likeness (QED) is 0.617. The molecule has 4 rings (SSSR count). The second-order valence-electron chi connectivity index (χ2n) is 6.66. The van der Waals surface area contributed by atoms with Gasteiger partial charge < -0.3 is 4.98 Å². The van der Waals surface area contributed by atoms with Gasteiger partial charge in [0.15, 0.2) is 15.7 Å². The molecule has 6 nitrogen and oxygen atoms in total. The van der Waals surface area contributed by atoms with Gasteiger partial charge in [-0.05, 0) is 37.6 Å². The van der Waals surface area contributed by atoms with Crippen LogP contribution in [0, 0.1) is 12.9 Å². The van der Waals surface area contributed by atoms with Gasteiger partial charge in [0.25, 0.3) is 0 Å². The maximum absolute atomic E-state index is 13.5. The number of fused-ring (bicyclic) bond motifs is 1. The van der Waals surface area contributed by atoms with Crippen LogP contribution in [0.15, 0.2) is 63.5 Å². The number of rotatable bonds is 3. The molecule has 148 valence electrons. The molecule has 2 aromatic heterocycles. The normalized spacial score (nSPS) is 17.9. The van der Waals surface area contributed by atoms with Crippen LogP contribution in [0.1, 0.15) is 29.0 Å². The van der Waals surface area contributed by atoms with E-state index in [1.54, 1.807) is 44.2 Å². The first-order valence-electron chi connectivity index (χ1n) is 8.71. The van der Waals surface area contributed by atoms with Gasteiger partial charge in [0, 0.05) is 23.5 Å². The minimum atomic E-state index is -3.79. The predicted octanol–water partition coefficient (Wildman–Crippen LogP) is 4.58. The molecule has 1 aliphatic rings. The molecule has 1 aromatic carbocycles. The zero-order chi connectivity index (χ0) is 20.8. The summed E-state index contributed by atoms with van der Waals surface area (Å²) in [5.41, 5.74) is 2.14. The van der Waals surface area contributed by atoms with Crippen LogP contribution in [0.3, 0.4) is 0 Å². The number of hydrogen-bond acceptors (Lipinski definition) is 4. The molecule has 0 radical (unpaired) electrons. The van der Waals surface area contributed by atoms with E-state index in [0.29, 0.717) is 28.2 Å². The molecule has 0 spiro atoms. The van der Waals surface area contributed by atoms with E-state index in [1.807, 2.05) is 0 Å². The van der Waals surface area contributed by atoms with Crippen LogP contribution in [-0.4, -0.2) is 29.9 Å². The number of benzene rings is 1. The Morgan fingerprint density at radius 1 is 1.17 bits per heavy atom. The van der Waals surface area contributed by atoms with Gasteiger partial charge in [0.1, 0.15) is 10.4 Å². The average molecular weight is 431 g/mol. The highest BCUT2D eigenvalue weighted by Gasteiger charge is 2.39. The second kappa shape index (κ2) is 7.20. The number of nitrogens with one attached hydrogen (secondary N) is 1. The Hall–Kier alpha value is -2.84. The lowest BCUT2D eigenvalue weighted by Gasteiger charge is -2.23. The minimum absolute atomic E-state index is 0.229. The van der Waals surface area contributed by atoms with E-state index in [9.17, 15) is 12.8 Å². The monoisotopic (exact) mass is 430 g/mol. The third-order valence-electron chi connectivity index (χ3n) is 4.64. The summed E-state index contributed by atoms with van der Waals surface area (Å²) in [7, 11) is -3.79. The highest BCUT2D eigenvalue weighted by atomic mass is 35.5.